The first-order chi connectivity index (χ1) is 19.6. The number of methoxy groups -OCH3 is 1. The number of aromatic nitrogens is 3. The number of ether oxygens (including phenoxy) is 1. The number of halogens is 2. The molecule has 1 saturated carbocycles. The molecule has 0 bridgehead atoms. The monoisotopic (exact) mass is 576 g/mol. The molecule has 5 rings (SSSR count). The van der Waals surface area contributed by atoms with Gasteiger partial charge in [0, 0.05) is 28.0 Å². The number of aryl methyl sites for hydroxylation is 1. The number of nitrogens with zero attached hydrogens (tertiary/aromatic N) is 3. The number of carbonyl (C=O) groups is 1. The van der Waals surface area contributed by atoms with Crippen LogP contribution in [0.1, 0.15) is 61.4 Å². The fourth-order valence-corrected chi connectivity index (χ4v) is 5.50. The number of fused-ring (bicyclic) bond motifs is 1. The Morgan fingerprint density at radius 3 is 2.36 bits per heavy atom. The normalized spacial score (nSPS) is 17.5. The van der Waals surface area contributed by atoms with Gasteiger partial charge in [-0.15, -0.1) is 5.10 Å². The summed E-state index contributed by atoms with van der Waals surface area (Å²) in [5.41, 5.74) is -1.98. The van der Waals surface area contributed by atoms with Crippen LogP contribution in [0.2, 0.25) is 0 Å². The Morgan fingerprint density at radius 2 is 1.76 bits per heavy atom. The molecule has 220 valence electrons. The summed E-state index contributed by atoms with van der Waals surface area (Å²) < 4.78 is 34.9. The minimum Gasteiger partial charge on any atom is -0.494 e. The van der Waals surface area contributed by atoms with Crippen molar-refractivity contribution in [1.82, 2.24) is 20.5 Å². The summed E-state index contributed by atoms with van der Waals surface area (Å²) >= 11 is 0. The molecule has 0 aliphatic heterocycles. The Hall–Kier alpha value is -4.02. The van der Waals surface area contributed by atoms with Crippen LogP contribution in [0.3, 0.4) is 0 Å². The van der Waals surface area contributed by atoms with Crippen molar-refractivity contribution in [2.24, 2.45) is 11.3 Å². The molecule has 8 nitrogen and oxygen atoms in total. The van der Waals surface area contributed by atoms with E-state index in [1.54, 1.807) is 25.1 Å². The minimum atomic E-state index is -1.72. The van der Waals surface area contributed by atoms with Crippen LogP contribution in [-0.4, -0.2) is 45.0 Å². The molecule has 1 fully saturated rings. The van der Waals surface area contributed by atoms with Crippen LogP contribution in [0.4, 0.5) is 8.78 Å². The fraction of sp³-hybridized carbons (Fsp3) is 0.375. The summed E-state index contributed by atoms with van der Waals surface area (Å²) in [4.78, 5) is 18.0. The van der Waals surface area contributed by atoms with E-state index in [1.807, 2.05) is 13.8 Å². The second kappa shape index (κ2) is 10.4. The molecule has 0 radical (unpaired) electrons. The van der Waals surface area contributed by atoms with Crippen molar-refractivity contribution >= 4 is 16.8 Å². The number of hydrogen-bond donors (Lipinski definition) is 3. The van der Waals surface area contributed by atoms with Crippen LogP contribution in [0.5, 0.6) is 5.75 Å². The van der Waals surface area contributed by atoms with Gasteiger partial charge in [-0.2, -0.15) is 5.10 Å². The van der Waals surface area contributed by atoms with Gasteiger partial charge in [0.15, 0.2) is 5.82 Å². The van der Waals surface area contributed by atoms with E-state index < -0.39 is 28.7 Å². The van der Waals surface area contributed by atoms with Gasteiger partial charge in [0.05, 0.1) is 30.6 Å². The standard InChI is InChI=1S/C32H34F2N4O4/c1-17-11-19-12-20(13-23(42-6)27(19)38-37-17)29(39)35-16-32(41,24-15-30(24,2)3)25-14-22(31(4,5)40)26(34)28(36-25)18-7-9-21(33)10-8-18/h7-14,24,40-41H,15-16H2,1-6H3,(H,35,39)/t24?,32-/m1/s1. The number of hydrogen-bond acceptors (Lipinski definition) is 7. The van der Waals surface area contributed by atoms with Crippen molar-refractivity contribution < 1.29 is 28.5 Å². The molecular formula is C32H34F2N4O4. The molecule has 1 aliphatic rings. The first-order valence-electron chi connectivity index (χ1n) is 13.7. The molecule has 2 heterocycles. The zero-order chi connectivity index (χ0) is 30.6. The lowest BCUT2D eigenvalue weighted by Crippen LogP contribution is -2.44. The van der Waals surface area contributed by atoms with Crippen LogP contribution in [0.25, 0.3) is 22.2 Å². The second-order valence-electron chi connectivity index (χ2n) is 12.2. The van der Waals surface area contributed by atoms with Crippen molar-refractivity contribution in [3.05, 3.63) is 82.7 Å². The van der Waals surface area contributed by atoms with E-state index in [1.165, 1.54) is 51.3 Å². The second-order valence-corrected chi connectivity index (χ2v) is 12.2. The van der Waals surface area contributed by atoms with Crippen LogP contribution < -0.4 is 10.1 Å². The number of carbonyl (C=O) groups excluding carboxylic acids is 1. The number of pyridine rings is 1. The first kappa shape index (κ1) is 29.5. The summed E-state index contributed by atoms with van der Waals surface area (Å²) in [5, 5.41) is 34.9. The van der Waals surface area contributed by atoms with Crippen molar-refractivity contribution in [3.8, 4) is 17.0 Å². The van der Waals surface area contributed by atoms with Gasteiger partial charge in [-0.1, -0.05) is 13.8 Å². The van der Waals surface area contributed by atoms with Crippen molar-refractivity contribution in [3.63, 3.8) is 0 Å². The van der Waals surface area contributed by atoms with Gasteiger partial charge < -0.3 is 20.3 Å². The maximum atomic E-state index is 15.8. The lowest BCUT2D eigenvalue weighted by Gasteiger charge is -2.32. The molecule has 2 atom stereocenters. The highest BCUT2D eigenvalue weighted by Gasteiger charge is 2.59. The summed E-state index contributed by atoms with van der Waals surface area (Å²) in [5.74, 6) is -1.69. The van der Waals surface area contributed by atoms with Crippen LogP contribution in [0, 0.1) is 29.9 Å². The van der Waals surface area contributed by atoms with Gasteiger partial charge in [-0.25, -0.2) is 13.8 Å². The van der Waals surface area contributed by atoms with Gasteiger partial charge in [0.25, 0.3) is 5.91 Å². The summed E-state index contributed by atoms with van der Waals surface area (Å²) in [6.45, 7) is 8.41. The molecule has 4 aromatic rings. The molecular weight excluding hydrogens is 542 g/mol. The van der Waals surface area contributed by atoms with Gasteiger partial charge in [-0.3, -0.25) is 4.79 Å². The van der Waals surface area contributed by atoms with E-state index in [4.69, 9.17) is 4.74 Å². The maximum absolute atomic E-state index is 15.8. The Labute approximate surface area is 242 Å². The number of amides is 1. The minimum absolute atomic E-state index is 0.0780. The SMILES string of the molecule is COc1cc(C(=O)NC[C@](O)(c2cc(C(C)(C)O)c(F)c(-c3ccc(F)cc3)n2)C2CC2(C)C)cc2cc(C)nnc12. The van der Waals surface area contributed by atoms with Gasteiger partial charge >= 0.3 is 0 Å². The van der Waals surface area contributed by atoms with Gasteiger partial charge in [0.2, 0.25) is 0 Å². The zero-order valence-electron chi connectivity index (χ0n) is 24.4. The van der Waals surface area contributed by atoms with E-state index in [-0.39, 0.29) is 40.4 Å². The third-order valence-electron chi connectivity index (χ3n) is 8.05. The van der Waals surface area contributed by atoms with Crippen molar-refractivity contribution in [2.75, 3.05) is 13.7 Å². The predicted octanol–water partition coefficient (Wildman–Crippen LogP) is 5.18. The highest BCUT2D eigenvalue weighted by molar-refractivity contribution is 5.99. The molecule has 3 N–H and O–H groups in total. The highest BCUT2D eigenvalue weighted by atomic mass is 19.1. The summed E-state index contributed by atoms with van der Waals surface area (Å²) in [6, 6.07) is 11.5. The predicted molar refractivity (Wildman–Crippen MR) is 154 cm³/mol. The highest BCUT2D eigenvalue weighted by Crippen LogP contribution is 2.60. The number of nitrogens with one attached hydrogen (secondary N) is 1. The molecule has 42 heavy (non-hydrogen) atoms. The third-order valence-corrected chi connectivity index (χ3v) is 8.05. The average Bonchev–Trinajstić information content (AvgIpc) is 3.59. The summed E-state index contributed by atoms with van der Waals surface area (Å²) in [6.07, 6.45) is 0.629. The Balaban J connectivity index is 1.57. The average molecular weight is 577 g/mol. The largest absolute Gasteiger partial charge is 0.494 e. The molecule has 10 heteroatoms. The number of rotatable bonds is 8. The summed E-state index contributed by atoms with van der Waals surface area (Å²) in [7, 11) is 1.48. The van der Waals surface area contributed by atoms with E-state index in [2.05, 4.69) is 20.5 Å². The van der Waals surface area contributed by atoms with Crippen LogP contribution in [-0.2, 0) is 11.2 Å². The van der Waals surface area contributed by atoms with Crippen molar-refractivity contribution in [2.45, 2.75) is 52.2 Å². The third kappa shape index (κ3) is 5.44. The Morgan fingerprint density at radius 1 is 1.10 bits per heavy atom. The smallest absolute Gasteiger partial charge is 0.251 e. The lowest BCUT2D eigenvalue weighted by atomic mass is 9.85. The Bertz CT molecular complexity index is 1690. The fourth-order valence-electron chi connectivity index (χ4n) is 5.50. The van der Waals surface area contributed by atoms with Crippen LogP contribution >= 0.6 is 0 Å². The molecule has 0 spiro atoms. The number of benzene rings is 2. The molecule has 2 aromatic carbocycles. The van der Waals surface area contributed by atoms with E-state index >= 15 is 4.39 Å². The van der Waals surface area contributed by atoms with E-state index in [0.29, 0.717) is 34.3 Å². The maximum Gasteiger partial charge on any atom is 0.251 e. The van der Waals surface area contributed by atoms with E-state index in [9.17, 15) is 19.4 Å². The zero-order valence-corrected chi connectivity index (χ0v) is 24.4. The van der Waals surface area contributed by atoms with E-state index in [0.717, 1.165) is 0 Å². The first-order valence-corrected chi connectivity index (χ1v) is 13.7. The topological polar surface area (TPSA) is 117 Å². The van der Waals surface area contributed by atoms with Gasteiger partial charge in [-0.05, 0) is 81.1 Å². The van der Waals surface area contributed by atoms with Gasteiger partial charge in [0.1, 0.15) is 28.4 Å². The lowest BCUT2D eigenvalue weighted by molar-refractivity contribution is -0.00200. The van der Waals surface area contributed by atoms with Crippen LogP contribution in [0.15, 0.2) is 48.5 Å². The molecule has 1 unspecified atom stereocenters. The van der Waals surface area contributed by atoms with Crippen molar-refractivity contribution in [1.29, 1.82) is 0 Å². The molecule has 2 aromatic heterocycles. The molecule has 1 amide bonds. The Kier molecular flexibility index (Phi) is 7.27. The molecule has 0 saturated heterocycles. The quantitative estimate of drug-likeness (QED) is 0.265. The number of aliphatic hydroxyl groups is 2. The molecule has 1 aliphatic carbocycles.